The van der Waals surface area contributed by atoms with Crippen molar-refractivity contribution in [1.82, 2.24) is 59.4 Å². The van der Waals surface area contributed by atoms with Crippen LogP contribution < -0.4 is 31.5 Å². The second-order valence-electron chi connectivity index (χ2n) is 17.7. The van der Waals surface area contributed by atoms with Gasteiger partial charge in [-0.3, -0.25) is 23.9 Å². The molecular formula is C45H52N16O6. The standard InChI is InChI=1S/C25H30N8O4.C20H22N8O2/c1-14-12-36-13-15-7-16-11-31(5)30-21(16)18(8-15)28-19-9-20(32(6)24(35)37-25(2,3)4)33-22(29-19)17(10-26-33)23(34)27-14;1-11-9-30-10-12-4-13-8-27(3)26-18(13)15(5-12)24-16-6-17(21-2)28-19(25-16)14(7-22-28)20(29)23-11/h7-11,14H,12-13H2,1-6H3,(H,27,34)(H,28,29);4-8,11,21H,9-10H2,1-3H3,(H,23,29)(H,24,25)/t14-;11-/m11/s1. The summed E-state index contributed by atoms with van der Waals surface area (Å²) < 4.78 is 23.9. The fraction of sp³-hybridized carbons (Fsp3) is 0.356. The van der Waals surface area contributed by atoms with Crippen LogP contribution in [0, 0.1) is 0 Å². The number of carbonyl (C=O) groups is 3. The van der Waals surface area contributed by atoms with E-state index in [1.165, 1.54) is 21.8 Å². The van der Waals surface area contributed by atoms with Crippen LogP contribution in [0.1, 0.15) is 66.5 Å². The normalized spacial score (nSPS) is 16.7. The van der Waals surface area contributed by atoms with Gasteiger partial charge in [-0.1, -0.05) is 0 Å². The van der Waals surface area contributed by atoms with Gasteiger partial charge in [-0.15, -0.1) is 0 Å². The molecule has 2 atom stereocenters. The topological polar surface area (TPSA) is 238 Å². The highest BCUT2D eigenvalue weighted by atomic mass is 16.6. The summed E-state index contributed by atoms with van der Waals surface area (Å²) in [7, 11) is 7.14. The molecule has 0 saturated heterocycles. The first-order valence-corrected chi connectivity index (χ1v) is 21.7. The van der Waals surface area contributed by atoms with E-state index in [1.807, 2.05) is 64.6 Å². The average molecular weight is 913 g/mol. The number of nitrogens with zero attached hydrogens (tertiary/aromatic N) is 11. The highest BCUT2D eigenvalue weighted by molar-refractivity contribution is 6.02. The summed E-state index contributed by atoms with van der Waals surface area (Å²) in [6, 6.07) is 11.2. The van der Waals surface area contributed by atoms with Crippen molar-refractivity contribution in [2.24, 2.45) is 14.1 Å². The van der Waals surface area contributed by atoms with Gasteiger partial charge in [0.05, 0.1) is 50.2 Å². The smallest absolute Gasteiger partial charge is 0.415 e. The minimum atomic E-state index is -0.690. The van der Waals surface area contributed by atoms with Crippen LogP contribution in [-0.2, 0) is 41.5 Å². The summed E-state index contributed by atoms with van der Waals surface area (Å²) in [6.45, 7) is 10.7. The van der Waals surface area contributed by atoms with Gasteiger partial charge >= 0.3 is 6.09 Å². The zero-order chi connectivity index (χ0) is 47.3. The lowest BCUT2D eigenvalue weighted by molar-refractivity contribution is 0.0587. The molecule has 5 N–H and O–H groups in total. The van der Waals surface area contributed by atoms with Crippen molar-refractivity contribution < 1.29 is 28.6 Å². The molecule has 10 rings (SSSR count). The van der Waals surface area contributed by atoms with E-state index in [9.17, 15) is 14.4 Å². The Balaban J connectivity index is 0.000000171. The van der Waals surface area contributed by atoms with Crippen molar-refractivity contribution in [2.45, 2.75) is 65.5 Å². The largest absolute Gasteiger partial charge is 0.443 e. The van der Waals surface area contributed by atoms with E-state index in [0.717, 1.165) is 44.3 Å². The number of nitrogens with one attached hydrogen (secondary N) is 5. The van der Waals surface area contributed by atoms with Gasteiger partial charge in [-0.05, 0) is 70.0 Å². The second kappa shape index (κ2) is 17.5. The van der Waals surface area contributed by atoms with Crippen molar-refractivity contribution in [3.8, 4) is 0 Å². The fourth-order valence-electron chi connectivity index (χ4n) is 7.86. The SMILES string of the molecule is CNc1cc2nc3c(cnn13)C(=O)N[C@H](C)COCc1cc(c3nn(C)cc3c1)N2.C[C@@H]1COCc2cc(c3nn(C)cc3c2)Nc2cc(N(C)C(=O)OC(C)(C)C)n3ncc(c3n2)C(=O)N1. The van der Waals surface area contributed by atoms with Crippen LogP contribution in [0.5, 0.6) is 0 Å². The van der Waals surface area contributed by atoms with E-state index in [2.05, 4.69) is 58.0 Å². The van der Waals surface area contributed by atoms with Gasteiger partial charge in [0.1, 0.15) is 51.0 Å². The number of aromatic nitrogens is 10. The van der Waals surface area contributed by atoms with Crippen LogP contribution in [0.15, 0.2) is 61.2 Å². The van der Waals surface area contributed by atoms with Crippen LogP contribution in [0.3, 0.4) is 0 Å². The molecule has 2 aliphatic rings. The number of hydrogen-bond acceptors (Lipinski definition) is 15. The van der Waals surface area contributed by atoms with Crippen molar-refractivity contribution in [3.05, 3.63) is 83.4 Å². The van der Waals surface area contributed by atoms with Crippen LogP contribution in [0.2, 0.25) is 0 Å². The highest BCUT2D eigenvalue weighted by Crippen LogP contribution is 2.32. The van der Waals surface area contributed by atoms with Crippen molar-refractivity contribution in [1.29, 1.82) is 0 Å². The molecule has 67 heavy (non-hydrogen) atoms. The summed E-state index contributed by atoms with van der Waals surface area (Å²) in [4.78, 5) is 49.6. The number of fused-ring (bicyclic) bond motifs is 10. The molecule has 8 aromatic rings. The molecule has 0 saturated carbocycles. The monoisotopic (exact) mass is 912 g/mol. The maximum atomic E-state index is 13.1. The van der Waals surface area contributed by atoms with E-state index in [0.29, 0.717) is 60.9 Å². The first-order chi connectivity index (χ1) is 32.0. The molecule has 0 fully saturated rings. The van der Waals surface area contributed by atoms with Crippen molar-refractivity contribution in [3.63, 3.8) is 0 Å². The molecule has 0 unspecified atom stereocenters. The minimum absolute atomic E-state index is 0.165. The highest BCUT2D eigenvalue weighted by Gasteiger charge is 2.27. The third-order valence-electron chi connectivity index (χ3n) is 10.8. The maximum absolute atomic E-state index is 13.1. The van der Waals surface area contributed by atoms with E-state index in [-0.39, 0.29) is 35.1 Å². The number of hydrogen-bond donors (Lipinski definition) is 5. The third-order valence-corrected chi connectivity index (χ3v) is 10.8. The molecule has 6 aromatic heterocycles. The molecule has 0 radical (unpaired) electrons. The quantitative estimate of drug-likeness (QED) is 0.145. The Morgan fingerprint density at radius 2 is 1.25 bits per heavy atom. The summed E-state index contributed by atoms with van der Waals surface area (Å²) >= 11 is 0. The van der Waals surface area contributed by atoms with Gasteiger partial charge < -0.3 is 40.8 Å². The Bertz CT molecular complexity index is 3220. The summed E-state index contributed by atoms with van der Waals surface area (Å²) in [5.41, 5.74) is 5.79. The van der Waals surface area contributed by atoms with E-state index in [4.69, 9.17) is 19.2 Å². The van der Waals surface area contributed by atoms with Crippen molar-refractivity contribution in [2.75, 3.05) is 48.2 Å². The molecule has 22 nitrogen and oxygen atoms in total. The van der Waals surface area contributed by atoms with Gasteiger partial charge in [-0.2, -0.15) is 29.4 Å². The number of benzene rings is 2. The Kier molecular flexibility index (Phi) is 11.6. The number of aryl methyl sites for hydroxylation is 2. The zero-order valence-corrected chi connectivity index (χ0v) is 38.6. The Hall–Kier alpha value is -7.85. The molecule has 2 aromatic carbocycles. The van der Waals surface area contributed by atoms with Gasteiger partial charge in [0.2, 0.25) is 0 Å². The zero-order valence-electron chi connectivity index (χ0n) is 38.6. The summed E-state index contributed by atoms with van der Waals surface area (Å²) in [5.74, 6) is 1.48. The lowest BCUT2D eigenvalue weighted by atomic mass is 10.1. The Labute approximate surface area is 383 Å². The second-order valence-corrected chi connectivity index (χ2v) is 17.7. The minimum Gasteiger partial charge on any atom is -0.443 e. The average Bonchev–Trinajstić information content (AvgIpc) is 4.06. The molecule has 3 amide bonds. The number of carbonyl (C=O) groups excluding carboxylic acids is 3. The van der Waals surface area contributed by atoms with Gasteiger partial charge in [-0.25, -0.2) is 14.8 Å². The van der Waals surface area contributed by atoms with Gasteiger partial charge in [0.15, 0.2) is 11.3 Å². The summed E-state index contributed by atoms with van der Waals surface area (Å²) in [6.07, 6.45) is 6.30. The predicted octanol–water partition coefficient (Wildman–Crippen LogP) is 5.43. The lowest BCUT2D eigenvalue weighted by Gasteiger charge is -2.25. The molecule has 2 aliphatic heterocycles. The third kappa shape index (κ3) is 9.20. The summed E-state index contributed by atoms with van der Waals surface area (Å²) in [5, 5.41) is 35.6. The van der Waals surface area contributed by atoms with Crippen LogP contribution in [0.4, 0.5) is 39.4 Å². The van der Waals surface area contributed by atoms with Crippen LogP contribution in [0.25, 0.3) is 33.1 Å². The van der Waals surface area contributed by atoms with Crippen LogP contribution in [-0.4, -0.2) is 112 Å². The molecule has 0 aliphatic carbocycles. The molecule has 348 valence electrons. The number of ether oxygens (including phenoxy) is 3. The molecular weight excluding hydrogens is 861 g/mol. The van der Waals surface area contributed by atoms with E-state index >= 15 is 0 Å². The Morgan fingerprint density at radius 1 is 0.761 bits per heavy atom. The maximum Gasteiger partial charge on any atom is 0.415 e. The molecule has 0 spiro atoms. The number of anilines is 6. The van der Waals surface area contributed by atoms with E-state index in [1.54, 1.807) is 54.8 Å². The van der Waals surface area contributed by atoms with E-state index < -0.39 is 11.7 Å². The Morgan fingerprint density at radius 3 is 1.76 bits per heavy atom. The van der Waals surface area contributed by atoms with Gasteiger partial charge in [0.25, 0.3) is 11.8 Å². The van der Waals surface area contributed by atoms with Gasteiger partial charge in [0, 0.05) is 75.6 Å². The first-order valence-electron chi connectivity index (χ1n) is 21.7. The molecule has 22 heteroatoms. The molecule has 8 heterocycles. The van der Waals surface area contributed by atoms with Crippen LogP contribution >= 0.6 is 0 Å². The first kappa shape index (κ1) is 44.4. The fourth-order valence-corrected chi connectivity index (χ4v) is 7.86. The number of rotatable bonds is 2. The molecule has 8 bridgehead atoms. The lowest BCUT2D eigenvalue weighted by Crippen LogP contribution is -2.36. The predicted molar refractivity (Wildman–Crippen MR) is 251 cm³/mol. The van der Waals surface area contributed by atoms with Crippen molar-refractivity contribution >= 4 is 85.7 Å². The number of amides is 3.